The maximum absolute atomic E-state index is 5.97. The van der Waals surface area contributed by atoms with E-state index in [1.54, 1.807) is 0 Å². The van der Waals surface area contributed by atoms with Crippen LogP contribution in [0.5, 0.6) is 5.75 Å². The normalized spacial score (nSPS) is 11.0. The molecule has 0 spiro atoms. The van der Waals surface area contributed by atoms with E-state index >= 15 is 0 Å². The summed E-state index contributed by atoms with van der Waals surface area (Å²) in [6.45, 7) is 2.97. The third-order valence-corrected chi connectivity index (χ3v) is 3.49. The van der Waals surface area contributed by atoms with Crippen molar-refractivity contribution in [2.75, 3.05) is 6.61 Å². The van der Waals surface area contributed by atoms with Crippen molar-refractivity contribution >= 4 is 21.5 Å². The van der Waals surface area contributed by atoms with Crippen molar-refractivity contribution in [2.45, 2.75) is 19.8 Å². The summed E-state index contributed by atoms with van der Waals surface area (Å²) in [5.74, 6) is 1.00. The van der Waals surface area contributed by atoms with Crippen molar-refractivity contribution in [3.63, 3.8) is 0 Å². The minimum absolute atomic E-state index is 0.791. The molecule has 0 heterocycles. The van der Waals surface area contributed by atoms with Crippen LogP contribution in [0.15, 0.2) is 54.6 Å². The molecule has 3 aromatic rings. The highest BCUT2D eigenvalue weighted by molar-refractivity contribution is 6.10. The molecule has 0 aromatic heterocycles. The zero-order chi connectivity index (χ0) is 13.1. The van der Waals surface area contributed by atoms with Crippen LogP contribution in [0.1, 0.15) is 19.8 Å². The first-order valence-electron chi connectivity index (χ1n) is 6.93. The number of hydrogen-bond donors (Lipinski definition) is 0. The van der Waals surface area contributed by atoms with Crippen LogP contribution < -0.4 is 4.74 Å². The standard InChI is InChI=1S/C18H18O/c1-2-3-12-19-18-13-14-8-4-5-9-15(14)16-10-6-7-11-17(16)18/h4-11,13H,2-3,12H2,1H3. The topological polar surface area (TPSA) is 9.23 Å². The maximum Gasteiger partial charge on any atom is 0.127 e. The van der Waals surface area contributed by atoms with Gasteiger partial charge in [-0.3, -0.25) is 0 Å². The van der Waals surface area contributed by atoms with Crippen LogP contribution in [-0.4, -0.2) is 6.61 Å². The third-order valence-electron chi connectivity index (χ3n) is 3.49. The van der Waals surface area contributed by atoms with E-state index in [1.807, 2.05) is 0 Å². The molecule has 0 saturated carbocycles. The van der Waals surface area contributed by atoms with E-state index < -0.39 is 0 Å². The van der Waals surface area contributed by atoms with Crippen molar-refractivity contribution in [2.24, 2.45) is 0 Å². The largest absolute Gasteiger partial charge is 0.493 e. The van der Waals surface area contributed by atoms with Gasteiger partial charge in [0.2, 0.25) is 0 Å². The van der Waals surface area contributed by atoms with Gasteiger partial charge in [0.05, 0.1) is 6.61 Å². The van der Waals surface area contributed by atoms with Crippen molar-refractivity contribution in [3.8, 4) is 5.75 Å². The fraction of sp³-hybridized carbons (Fsp3) is 0.222. The number of benzene rings is 3. The Hall–Kier alpha value is -2.02. The second-order valence-corrected chi connectivity index (χ2v) is 4.84. The van der Waals surface area contributed by atoms with E-state index in [4.69, 9.17) is 4.74 Å². The average Bonchev–Trinajstić information content (AvgIpc) is 2.47. The van der Waals surface area contributed by atoms with Gasteiger partial charge in [-0.25, -0.2) is 0 Å². The van der Waals surface area contributed by atoms with Gasteiger partial charge in [-0.05, 0) is 28.6 Å². The second-order valence-electron chi connectivity index (χ2n) is 4.84. The van der Waals surface area contributed by atoms with Gasteiger partial charge in [0.25, 0.3) is 0 Å². The molecule has 0 unspecified atom stereocenters. The summed E-state index contributed by atoms with van der Waals surface area (Å²) in [6.07, 6.45) is 2.26. The Kier molecular flexibility index (Phi) is 3.37. The third kappa shape index (κ3) is 2.28. The molecule has 19 heavy (non-hydrogen) atoms. The molecule has 0 atom stereocenters. The van der Waals surface area contributed by atoms with Gasteiger partial charge < -0.3 is 4.74 Å². The SMILES string of the molecule is CCCCOc1cc2ccccc2c2ccccc12. The highest BCUT2D eigenvalue weighted by atomic mass is 16.5. The minimum Gasteiger partial charge on any atom is -0.493 e. The number of hydrogen-bond acceptors (Lipinski definition) is 1. The summed E-state index contributed by atoms with van der Waals surface area (Å²) >= 11 is 0. The molecule has 0 amide bonds. The Labute approximate surface area is 113 Å². The number of ether oxygens (including phenoxy) is 1. The van der Waals surface area contributed by atoms with Crippen LogP contribution in [0.4, 0.5) is 0 Å². The van der Waals surface area contributed by atoms with Crippen LogP contribution in [0.25, 0.3) is 21.5 Å². The van der Waals surface area contributed by atoms with Crippen molar-refractivity contribution < 1.29 is 4.74 Å². The van der Waals surface area contributed by atoms with E-state index in [0.717, 1.165) is 25.2 Å². The molecule has 0 fully saturated rings. The summed E-state index contributed by atoms with van der Waals surface area (Å²) in [7, 11) is 0. The van der Waals surface area contributed by atoms with Crippen molar-refractivity contribution in [3.05, 3.63) is 54.6 Å². The minimum atomic E-state index is 0.791. The van der Waals surface area contributed by atoms with Crippen LogP contribution in [-0.2, 0) is 0 Å². The molecule has 96 valence electrons. The van der Waals surface area contributed by atoms with E-state index in [9.17, 15) is 0 Å². The maximum atomic E-state index is 5.97. The summed E-state index contributed by atoms with van der Waals surface area (Å²) < 4.78 is 5.97. The van der Waals surface area contributed by atoms with Gasteiger partial charge in [0, 0.05) is 5.39 Å². The highest BCUT2D eigenvalue weighted by Gasteiger charge is 2.06. The predicted octanol–water partition coefficient (Wildman–Crippen LogP) is 5.17. The summed E-state index contributed by atoms with van der Waals surface area (Å²) in [5, 5.41) is 5.01. The first-order chi connectivity index (χ1) is 9.40. The summed E-state index contributed by atoms with van der Waals surface area (Å²) in [6, 6.07) is 19.1. The van der Waals surface area contributed by atoms with Crippen LogP contribution >= 0.6 is 0 Å². The van der Waals surface area contributed by atoms with Gasteiger partial charge in [-0.2, -0.15) is 0 Å². The molecule has 1 heteroatoms. The number of fused-ring (bicyclic) bond motifs is 3. The first-order valence-corrected chi connectivity index (χ1v) is 6.93. The lowest BCUT2D eigenvalue weighted by Crippen LogP contribution is -1.97. The van der Waals surface area contributed by atoms with E-state index in [2.05, 4.69) is 61.5 Å². The molecule has 3 aromatic carbocycles. The Morgan fingerprint density at radius 3 is 2.32 bits per heavy atom. The molecular weight excluding hydrogens is 232 g/mol. The van der Waals surface area contributed by atoms with E-state index in [0.29, 0.717) is 0 Å². The van der Waals surface area contributed by atoms with Gasteiger partial charge in [-0.15, -0.1) is 0 Å². The molecule has 3 rings (SSSR count). The Bertz CT molecular complexity index is 700. The fourth-order valence-corrected chi connectivity index (χ4v) is 2.47. The zero-order valence-electron chi connectivity index (χ0n) is 11.2. The van der Waals surface area contributed by atoms with Gasteiger partial charge in [0.15, 0.2) is 0 Å². The Morgan fingerprint density at radius 2 is 1.53 bits per heavy atom. The molecule has 0 bridgehead atoms. The van der Waals surface area contributed by atoms with E-state index in [1.165, 1.54) is 21.5 Å². The molecule has 0 N–H and O–H groups in total. The lowest BCUT2D eigenvalue weighted by Gasteiger charge is -2.11. The molecule has 0 aliphatic rings. The molecule has 1 nitrogen and oxygen atoms in total. The first kappa shape index (κ1) is 12.0. The van der Waals surface area contributed by atoms with Gasteiger partial charge in [0.1, 0.15) is 5.75 Å². The van der Waals surface area contributed by atoms with Crippen LogP contribution in [0.2, 0.25) is 0 Å². The predicted molar refractivity (Wildman–Crippen MR) is 81.9 cm³/mol. The average molecular weight is 250 g/mol. The molecule has 0 radical (unpaired) electrons. The van der Waals surface area contributed by atoms with Gasteiger partial charge >= 0.3 is 0 Å². The number of unbranched alkanes of at least 4 members (excludes halogenated alkanes) is 1. The lowest BCUT2D eigenvalue weighted by molar-refractivity contribution is 0.313. The summed E-state index contributed by atoms with van der Waals surface area (Å²) in [5.41, 5.74) is 0. The molecule has 0 saturated heterocycles. The van der Waals surface area contributed by atoms with Crippen molar-refractivity contribution in [1.82, 2.24) is 0 Å². The zero-order valence-corrected chi connectivity index (χ0v) is 11.2. The monoisotopic (exact) mass is 250 g/mol. The molecule has 0 aliphatic carbocycles. The Morgan fingerprint density at radius 1 is 0.842 bits per heavy atom. The van der Waals surface area contributed by atoms with Gasteiger partial charge in [-0.1, -0.05) is 61.9 Å². The fourth-order valence-electron chi connectivity index (χ4n) is 2.47. The number of rotatable bonds is 4. The molecular formula is C18H18O. The highest BCUT2D eigenvalue weighted by Crippen LogP contribution is 2.33. The van der Waals surface area contributed by atoms with Crippen LogP contribution in [0.3, 0.4) is 0 Å². The van der Waals surface area contributed by atoms with Crippen LogP contribution in [0, 0.1) is 0 Å². The van der Waals surface area contributed by atoms with Crippen molar-refractivity contribution in [1.29, 1.82) is 0 Å². The molecule has 0 aliphatic heterocycles. The lowest BCUT2D eigenvalue weighted by atomic mass is 10.0. The quantitative estimate of drug-likeness (QED) is 0.458. The second kappa shape index (κ2) is 5.31. The summed E-state index contributed by atoms with van der Waals surface area (Å²) in [4.78, 5) is 0. The van der Waals surface area contributed by atoms with E-state index in [-0.39, 0.29) is 0 Å². The Balaban J connectivity index is 2.18. The smallest absolute Gasteiger partial charge is 0.127 e.